The number of aromatic nitrogens is 1. The lowest BCUT2D eigenvalue weighted by molar-refractivity contribution is -0.128. The van der Waals surface area contributed by atoms with E-state index in [1.165, 1.54) is 4.90 Å². The normalized spacial score (nSPS) is 21.5. The molecule has 144 valence electrons. The third kappa shape index (κ3) is 2.56. The molecule has 5 nitrogen and oxygen atoms in total. The highest BCUT2D eigenvalue weighted by atomic mass is 79.9. The first-order valence-corrected chi connectivity index (χ1v) is 11.2. The maximum atomic E-state index is 13.3. The van der Waals surface area contributed by atoms with Crippen molar-refractivity contribution in [2.75, 3.05) is 6.54 Å². The zero-order valence-electron chi connectivity index (χ0n) is 15.4. The van der Waals surface area contributed by atoms with Gasteiger partial charge in [-0.2, -0.15) is 0 Å². The molecular formula is C21H20BrN3O2S. The molecule has 2 aromatic heterocycles. The van der Waals surface area contributed by atoms with E-state index in [9.17, 15) is 9.59 Å². The summed E-state index contributed by atoms with van der Waals surface area (Å²) in [6, 6.07) is 11.4. The number of hydrogen-bond donors (Lipinski definition) is 1. The number of para-hydroxylation sites is 1. The maximum absolute atomic E-state index is 13.3. The molecule has 0 spiro atoms. The van der Waals surface area contributed by atoms with Gasteiger partial charge in [-0.3, -0.25) is 14.6 Å². The van der Waals surface area contributed by atoms with Gasteiger partial charge in [0.05, 0.1) is 3.79 Å². The van der Waals surface area contributed by atoms with Crippen LogP contribution in [0.15, 0.2) is 40.2 Å². The van der Waals surface area contributed by atoms with Crippen molar-refractivity contribution in [3.05, 3.63) is 56.3 Å². The van der Waals surface area contributed by atoms with Gasteiger partial charge >= 0.3 is 6.03 Å². The van der Waals surface area contributed by atoms with Crippen molar-refractivity contribution in [1.29, 1.82) is 0 Å². The van der Waals surface area contributed by atoms with Gasteiger partial charge in [-0.15, -0.1) is 11.3 Å². The van der Waals surface area contributed by atoms with E-state index in [1.807, 2.05) is 24.3 Å². The number of fused-ring (bicyclic) bond motifs is 4. The van der Waals surface area contributed by atoms with E-state index in [4.69, 9.17) is 0 Å². The van der Waals surface area contributed by atoms with E-state index < -0.39 is 6.04 Å². The fourth-order valence-corrected chi connectivity index (χ4v) is 5.96. The predicted molar refractivity (Wildman–Crippen MR) is 114 cm³/mol. The molecule has 28 heavy (non-hydrogen) atoms. The van der Waals surface area contributed by atoms with Gasteiger partial charge in [-0.25, -0.2) is 4.79 Å². The molecule has 2 aliphatic rings. The molecule has 0 radical (unpaired) electrons. The highest BCUT2D eigenvalue weighted by Crippen LogP contribution is 2.46. The summed E-state index contributed by atoms with van der Waals surface area (Å²) in [6.07, 6.45) is 2.35. The zero-order valence-corrected chi connectivity index (χ0v) is 17.8. The van der Waals surface area contributed by atoms with Gasteiger partial charge in [0.15, 0.2) is 0 Å². The minimum Gasteiger partial charge on any atom is -0.356 e. The van der Waals surface area contributed by atoms with Crippen LogP contribution in [0.4, 0.5) is 4.79 Å². The number of urea groups is 1. The Morgan fingerprint density at radius 2 is 2.04 bits per heavy atom. The molecule has 1 aromatic carbocycles. The van der Waals surface area contributed by atoms with Gasteiger partial charge < -0.3 is 4.98 Å². The predicted octanol–water partition coefficient (Wildman–Crippen LogP) is 5.07. The summed E-state index contributed by atoms with van der Waals surface area (Å²) in [5, 5.41) is 1.14. The summed E-state index contributed by atoms with van der Waals surface area (Å²) in [5.74, 6) is -0.0602. The van der Waals surface area contributed by atoms with E-state index in [2.05, 4.69) is 40.0 Å². The van der Waals surface area contributed by atoms with Crippen LogP contribution in [0.2, 0.25) is 0 Å². The van der Waals surface area contributed by atoms with Gasteiger partial charge in [0.1, 0.15) is 12.1 Å². The summed E-state index contributed by atoms with van der Waals surface area (Å²) in [6.45, 7) is 2.57. The molecule has 0 aliphatic carbocycles. The molecule has 3 aromatic rings. The molecule has 0 bridgehead atoms. The van der Waals surface area contributed by atoms with Gasteiger partial charge in [0, 0.05) is 34.4 Å². The van der Waals surface area contributed by atoms with Crippen LogP contribution in [0.3, 0.4) is 0 Å². The van der Waals surface area contributed by atoms with E-state index in [0.717, 1.165) is 43.7 Å². The highest BCUT2D eigenvalue weighted by Gasteiger charge is 2.52. The van der Waals surface area contributed by atoms with Crippen molar-refractivity contribution in [2.45, 2.75) is 38.3 Å². The van der Waals surface area contributed by atoms with Gasteiger partial charge in [0.2, 0.25) is 0 Å². The molecule has 2 aliphatic heterocycles. The van der Waals surface area contributed by atoms with Crippen LogP contribution < -0.4 is 0 Å². The number of imide groups is 1. The van der Waals surface area contributed by atoms with Crippen LogP contribution in [0.5, 0.6) is 0 Å². The number of halogens is 1. The second kappa shape index (κ2) is 6.74. The van der Waals surface area contributed by atoms with Gasteiger partial charge in [-0.1, -0.05) is 31.5 Å². The Balaban J connectivity index is 1.68. The number of rotatable bonds is 4. The van der Waals surface area contributed by atoms with Crippen LogP contribution >= 0.6 is 27.3 Å². The molecule has 7 heteroatoms. The van der Waals surface area contributed by atoms with Crippen molar-refractivity contribution in [2.24, 2.45) is 0 Å². The van der Waals surface area contributed by atoms with Crippen LogP contribution in [0, 0.1) is 0 Å². The summed E-state index contributed by atoms with van der Waals surface area (Å²) in [5.41, 5.74) is 3.24. The molecule has 4 heterocycles. The second-order valence-corrected chi connectivity index (χ2v) is 9.86. The van der Waals surface area contributed by atoms with Crippen molar-refractivity contribution in [3.63, 3.8) is 0 Å². The second-order valence-electron chi connectivity index (χ2n) is 7.36. The number of carbonyl (C=O) groups is 2. The fourth-order valence-electron chi connectivity index (χ4n) is 4.43. The number of nitrogens with one attached hydrogen (secondary N) is 1. The number of amides is 3. The zero-order chi connectivity index (χ0) is 19.4. The van der Waals surface area contributed by atoms with Crippen LogP contribution in [0.1, 0.15) is 41.9 Å². The average molecular weight is 458 g/mol. The third-order valence-electron chi connectivity index (χ3n) is 5.73. The Morgan fingerprint density at radius 1 is 1.21 bits per heavy atom. The van der Waals surface area contributed by atoms with Crippen molar-refractivity contribution >= 4 is 50.1 Å². The number of unbranched alkanes of at least 4 members (excludes halogenated alkanes) is 1. The fraction of sp³-hybridized carbons (Fsp3) is 0.333. The van der Waals surface area contributed by atoms with E-state index in [-0.39, 0.29) is 18.0 Å². The summed E-state index contributed by atoms with van der Waals surface area (Å²) in [4.78, 5) is 34.3. The molecule has 2 atom stereocenters. The Bertz CT molecular complexity index is 1090. The highest BCUT2D eigenvalue weighted by molar-refractivity contribution is 9.11. The molecule has 3 amide bonds. The smallest absolute Gasteiger partial charge is 0.328 e. The number of hydrogen-bond acceptors (Lipinski definition) is 3. The van der Waals surface area contributed by atoms with Gasteiger partial charge in [-0.05, 0) is 46.1 Å². The standard InChI is InChI=1S/C21H20BrN3O2S/c1-2-3-10-24-20(26)15-11-13-12-6-4-5-7-14(12)23-18(13)19(25(15)21(24)27)16-8-9-17(22)28-16/h4-9,15,19,23H,2-3,10-11H2,1H3/t15-,19+/m0/s1. The van der Waals surface area contributed by atoms with Crippen LogP contribution in [0.25, 0.3) is 10.9 Å². The lowest BCUT2D eigenvalue weighted by Crippen LogP contribution is -2.43. The molecule has 1 saturated heterocycles. The molecule has 1 fully saturated rings. The first-order chi connectivity index (χ1) is 13.6. The lowest BCUT2D eigenvalue weighted by atomic mass is 9.91. The van der Waals surface area contributed by atoms with E-state index in [1.54, 1.807) is 16.2 Å². The third-order valence-corrected chi connectivity index (χ3v) is 7.41. The Morgan fingerprint density at radius 3 is 2.79 bits per heavy atom. The lowest BCUT2D eigenvalue weighted by Gasteiger charge is -2.35. The van der Waals surface area contributed by atoms with Gasteiger partial charge in [0.25, 0.3) is 5.91 Å². The Hall–Kier alpha value is -2.12. The molecule has 1 N–H and O–H groups in total. The minimum absolute atomic E-state index is 0.0602. The monoisotopic (exact) mass is 457 g/mol. The molecule has 5 rings (SSSR count). The van der Waals surface area contributed by atoms with Crippen molar-refractivity contribution in [3.8, 4) is 0 Å². The summed E-state index contributed by atoms with van der Waals surface area (Å²) < 4.78 is 1.02. The summed E-state index contributed by atoms with van der Waals surface area (Å²) >= 11 is 5.16. The maximum Gasteiger partial charge on any atom is 0.328 e. The number of H-pyrrole nitrogens is 1. The molecular weight excluding hydrogens is 438 g/mol. The summed E-state index contributed by atoms with van der Waals surface area (Å²) in [7, 11) is 0. The number of thiophene rings is 1. The first-order valence-electron chi connectivity index (χ1n) is 9.58. The average Bonchev–Trinajstić information content (AvgIpc) is 3.35. The topological polar surface area (TPSA) is 56.4 Å². The number of nitrogens with zero attached hydrogens (tertiary/aromatic N) is 2. The van der Waals surface area contributed by atoms with Crippen LogP contribution in [-0.2, 0) is 11.2 Å². The first kappa shape index (κ1) is 17.9. The number of benzene rings is 1. The van der Waals surface area contributed by atoms with Crippen LogP contribution in [-0.4, -0.2) is 39.3 Å². The number of aromatic amines is 1. The quantitative estimate of drug-likeness (QED) is 0.555. The van der Waals surface area contributed by atoms with Crippen molar-refractivity contribution < 1.29 is 9.59 Å². The molecule has 0 unspecified atom stereocenters. The van der Waals surface area contributed by atoms with E-state index in [0.29, 0.717) is 13.0 Å². The molecule has 0 saturated carbocycles. The SMILES string of the molecule is CCCCN1C(=O)[C@@H]2Cc3c([nH]c4ccccc34)[C@@H](c3ccc(Br)s3)N2C1=O. The largest absolute Gasteiger partial charge is 0.356 e. The Labute approximate surface area is 175 Å². The van der Waals surface area contributed by atoms with Crippen molar-refractivity contribution in [1.82, 2.24) is 14.8 Å². The van der Waals surface area contributed by atoms with E-state index >= 15 is 0 Å². The number of carbonyl (C=O) groups excluding carboxylic acids is 2. The minimum atomic E-state index is -0.429. The Kier molecular flexibility index (Phi) is 4.32.